The molecule has 0 saturated heterocycles. The smallest absolute Gasteiger partial charge is 0.195 e. The molecule has 1 unspecified atom stereocenters. The molecule has 3 rings (SSSR count). The van der Waals surface area contributed by atoms with Gasteiger partial charge in [0.15, 0.2) is 11.6 Å². The number of aromatic nitrogens is 3. The second-order valence-electron chi connectivity index (χ2n) is 4.20. The molecule has 0 radical (unpaired) electrons. The van der Waals surface area contributed by atoms with Gasteiger partial charge in [-0.3, -0.25) is 15.7 Å². The highest BCUT2D eigenvalue weighted by Gasteiger charge is 2.30. The molecule has 0 fully saturated rings. The Bertz CT molecular complexity index is 629. The van der Waals surface area contributed by atoms with Crippen LogP contribution in [0.4, 0.5) is 0 Å². The molecule has 0 bridgehead atoms. The number of rotatable bonds is 2. The van der Waals surface area contributed by atoms with Crippen molar-refractivity contribution in [2.45, 2.75) is 5.66 Å². The number of H-pyrrole nitrogens is 1. The van der Waals surface area contributed by atoms with Crippen molar-refractivity contribution in [3.63, 3.8) is 0 Å². The SMILES string of the molecule is NC1=NC(N)(c2cnccn2)C=C(c2cc[nH]c2)N1. The minimum atomic E-state index is -1.11. The van der Waals surface area contributed by atoms with Gasteiger partial charge in [0.25, 0.3) is 0 Å². The minimum absolute atomic E-state index is 0.242. The molecule has 19 heavy (non-hydrogen) atoms. The lowest BCUT2D eigenvalue weighted by Crippen LogP contribution is -2.44. The fourth-order valence-electron chi connectivity index (χ4n) is 1.94. The van der Waals surface area contributed by atoms with Gasteiger partial charge < -0.3 is 16.0 Å². The van der Waals surface area contributed by atoms with E-state index in [9.17, 15) is 0 Å². The summed E-state index contributed by atoms with van der Waals surface area (Å²) in [6.45, 7) is 0. The predicted octanol–water partition coefficient (Wildman–Crippen LogP) is -0.125. The zero-order chi connectivity index (χ0) is 13.3. The molecule has 2 aromatic rings. The number of aliphatic imine (C=N–C) groups is 1. The van der Waals surface area contributed by atoms with E-state index in [0.29, 0.717) is 5.69 Å². The number of guanidine groups is 1. The Balaban J connectivity index is 2.07. The number of nitrogens with two attached hydrogens (primary N) is 2. The topological polar surface area (TPSA) is 118 Å². The number of hydrogen-bond donors (Lipinski definition) is 4. The van der Waals surface area contributed by atoms with E-state index in [2.05, 4.69) is 25.3 Å². The van der Waals surface area contributed by atoms with Crippen LogP contribution in [0.1, 0.15) is 11.3 Å². The Hall–Kier alpha value is -2.67. The molecule has 96 valence electrons. The molecular weight excluding hydrogens is 242 g/mol. The molecule has 1 aliphatic heterocycles. The molecule has 7 heteroatoms. The molecule has 7 nitrogen and oxygen atoms in total. The van der Waals surface area contributed by atoms with Crippen LogP contribution in [0.3, 0.4) is 0 Å². The fraction of sp³-hybridized carbons (Fsp3) is 0.0833. The zero-order valence-corrected chi connectivity index (χ0v) is 10.0. The lowest BCUT2D eigenvalue weighted by molar-refractivity contribution is 0.562. The molecule has 3 heterocycles. The first-order valence-electron chi connectivity index (χ1n) is 5.71. The Morgan fingerprint density at radius 1 is 1.26 bits per heavy atom. The van der Waals surface area contributed by atoms with Gasteiger partial charge in [-0.05, 0) is 12.1 Å². The van der Waals surface area contributed by atoms with Crippen molar-refractivity contribution in [1.82, 2.24) is 20.3 Å². The second-order valence-corrected chi connectivity index (χ2v) is 4.20. The Kier molecular flexibility index (Phi) is 2.53. The van der Waals surface area contributed by atoms with Crippen molar-refractivity contribution in [2.75, 3.05) is 0 Å². The van der Waals surface area contributed by atoms with Crippen molar-refractivity contribution in [1.29, 1.82) is 0 Å². The summed E-state index contributed by atoms with van der Waals surface area (Å²) >= 11 is 0. The van der Waals surface area contributed by atoms with E-state index in [-0.39, 0.29) is 5.96 Å². The van der Waals surface area contributed by atoms with Crippen LogP contribution >= 0.6 is 0 Å². The molecule has 1 aliphatic rings. The highest BCUT2D eigenvalue weighted by Crippen LogP contribution is 2.26. The zero-order valence-electron chi connectivity index (χ0n) is 10.0. The summed E-state index contributed by atoms with van der Waals surface area (Å²) in [5.41, 5.74) is 13.2. The maximum atomic E-state index is 6.27. The Morgan fingerprint density at radius 3 is 2.84 bits per heavy atom. The van der Waals surface area contributed by atoms with Crippen LogP contribution in [-0.4, -0.2) is 20.9 Å². The Labute approximate surface area is 109 Å². The third kappa shape index (κ3) is 2.06. The largest absolute Gasteiger partial charge is 0.370 e. The van der Waals surface area contributed by atoms with Gasteiger partial charge in [0, 0.05) is 36.0 Å². The molecule has 0 aromatic carbocycles. The van der Waals surface area contributed by atoms with Gasteiger partial charge in [-0.25, -0.2) is 4.99 Å². The van der Waals surface area contributed by atoms with Crippen molar-refractivity contribution >= 4 is 11.7 Å². The van der Waals surface area contributed by atoms with E-state index >= 15 is 0 Å². The van der Waals surface area contributed by atoms with Crippen LogP contribution in [0.15, 0.2) is 48.1 Å². The molecule has 0 aliphatic carbocycles. The van der Waals surface area contributed by atoms with E-state index in [1.165, 1.54) is 0 Å². The molecule has 0 saturated carbocycles. The average Bonchev–Trinajstić information content (AvgIpc) is 2.93. The van der Waals surface area contributed by atoms with Crippen LogP contribution in [-0.2, 0) is 5.66 Å². The summed E-state index contributed by atoms with van der Waals surface area (Å²) in [7, 11) is 0. The van der Waals surface area contributed by atoms with Crippen molar-refractivity contribution in [2.24, 2.45) is 16.5 Å². The van der Waals surface area contributed by atoms with Crippen LogP contribution in [0.2, 0.25) is 0 Å². The van der Waals surface area contributed by atoms with Gasteiger partial charge in [0.1, 0.15) is 5.69 Å². The van der Waals surface area contributed by atoms with Gasteiger partial charge >= 0.3 is 0 Å². The monoisotopic (exact) mass is 255 g/mol. The lowest BCUT2D eigenvalue weighted by Gasteiger charge is -2.27. The summed E-state index contributed by atoms with van der Waals surface area (Å²) in [5.74, 6) is 0.242. The lowest BCUT2D eigenvalue weighted by atomic mass is 10.0. The first-order valence-corrected chi connectivity index (χ1v) is 5.71. The molecule has 1 atom stereocenters. The standard InChI is InChI=1S/C12H13N7/c13-11-18-9(8-1-2-15-6-8)5-12(14,19-11)10-7-16-3-4-17-10/h1-7,15H,14H2,(H3,13,18,19). The number of nitrogens with one attached hydrogen (secondary N) is 2. The molecular formula is C12H13N7. The van der Waals surface area contributed by atoms with Crippen molar-refractivity contribution < 1.29 is 0 Å². The summed E-state index contributed by atoms with van der Waals surface area (Å²) in [6, 6.07) is 1.91. The minimum Gasteiger partial charge on any atom is -0.370 e. The maximum Gasteiger partial charge on any atom is 0.195 e. The summed E-state index contributed by atoms with van der Waals surface area (Å²) in [6.07, 6.45) is 10.2. The third-order valence-corrected chi connectivity index (χ3v) is 2.82. The summed E-state index contributed by atoms with van der Waals surface area (Å²) < 4.78 is 0. The molecule has 6 N–H and O–H groups in total. The Morgan fingerprint density at radius 2 is 2.16 bits per heavy atom. The van der Waals surface area contributed by atoms with Crippen LogP contribution < -0.4 is 16.8 Å². The molecule has 0 spiro atoms. The predicted molar refractivity (Wildman–Crippen MR) is 71.4 cm³/mol. The maximum absolute atomic E-state index is 6.27. The highest BCUT2D eigenvalue weighted by molar-refractivity contribution is 5.90. The molecule has 0 amide bonds. The quantitative estimate of drug-likeness (QED) is 0.596. The van der Waals surface area contributed by atoms with Crippen molar-refractivity contribution in [3.8, 4) is 0 Å². The van der Waals surface area contributed by atoms with E-state index in [1.54, 1.807) is 24.7 Å². The highest BCUT2D eigenvalue weighted by atomic mass is 15.2. The number of aromatic amines is 1. The molecule has 2 aromatic heterocycles. The first kappa shape index (κ1) is 11.4. The van der Waals surface area contributed by atoms with Crippen LogP contribution in [0.25, 0.3) is 5.70 Å². The third-order valence-electron chi connectivity index (χ3n) is 2.82. The summed E-state index contributed by atoms with van der Waals surface area (Å²) in [5, 5.41) is 2.98. The number of hydrogen-bond acceptors (Lipinski definition) is 6. The number of nitrogens with zero attached hydrogens (tertiary/aromatic N) is 3. The van der Waals surface area contributed by atoms with Crippen LogP contribution in [0, 0.1) is 0 Å². The van der Waals surface area contributed by atoms with E-state index in [0.717, 1.165) is 11.3 Å². The van der Waals surface area contributed by atoms with E-state index in [1.807, 2.05) is 18.5 Å². The van der Waals surface area contributed by atoms with Crippen LogP contribution in [0.5, 0.6) is 0 Å². The second kappa shape index (κ2) is 4.21. The van der Waals surface area contributed by atoms with E-state index < -0.39 is 5.66 Å². The van der Waals surface area contributed by atoms with Gasteiger partial charge in [-0.15, -0.1) is 0 Å². The van der Waals surface area contributed by atoms with Crippen molar-refractivity contribution in [3.05, 3.63) is 54.4 Å². The van der Waals surface area contributed by atoms with Gasteiger partial charge in [0.05, 0.1) is 6.20 Å². The summed E-state index contributed by atoms with van der Waals surface area (Å²) in [4.78, 5) is 15.4. The van der Waals surface area contributed by atoms with Gasteiger partial charge in [-0.1, -0.05) is 0 Å². The normalized spacial score (nSPS) is 22.4. The fourth-order valence-corrected chi connectivity index (χ4v) is 1.94. The average molecular weight is 255 g/mol. The van der Waals surface area contributed by atoms with E-state index in [4.69, 9.17) is 11.5 Å². The van der Waals surface area contributed by atoms with Gasteiger partial charge in [-0.2, -0.15) is 0 Å². The van der Waals surface area contributed by atoms with Gasteiger partial charge in [0.2, 0.25) is 0 Å². The first-order chi connectivity index (χ1) is 9.17.